The standard InChI is InChI=1S/C19H18Cl2N2O2/c1-2-12-3-6-15(7-4-12)23-11-13(9-18(23)24)19(25)22-17-10-14(20)5-8-16(17)21/h3-8,10,13H,2,9,11H2,1H3,(H,22,25)/t13-/m1/s1. The number of rotatable bonds is 4. The Bertz CT molecular complexity index is 806. The van der Waals surface area contributed by atoms with Crippen molar-refractivity contribution in [3.05, 3.63) is 58.1 Å². The summed E-state index contributed by atoms with van der Waals surface area (Å²) in [5.41, 5.74) is 2.48. The minimum absolute atomic E-state index is 0.0541. The van der Waals surface area contributed by atoms with E-state index in [-0.39, 0.29) is 18.2 Å². The smallest absolute Gasteiger partial charge is 0.229 e. The zero-order chi connectivity index (χ0) is 18.0. The van der Waals surface area contributed by atoms with Crippen LogP contribution in [0.3, 0.4) is 0 Å². The predicted molar refractivity (Wildman–Crippen MR) is 101 cm³/mol. The lowest BCUT2D eigenvalue weighted by Gasteiger charge is -2.17. The number of hydrogen-bond donors (Lipinski definition) is 1. The lowest BCUT2D eigenvalue weighted by molar-refractivity contribution is -0.122. The topological polar surface area (TPSA) is 49.4 Å². The number of aryl methyl sites for hydroxylation is 1. The molecule has 130 valence electrons. The van der Waals surface area contributed by atoms with Gasteiger partial charge in [-0.25, -0.2) is 0 Å². The summed E-state index contributed by atoms with van der Waals surface area (Å²) in [6.07, 6.45) is 1.12. The average molecular weight is 377 g/mol. The molecule has 4 nitrogen and oxygen atoms in total. The number of carbonyl (C=O) groups is 2. The zero-order valence-corrected chi connectivity index (χ0v) is 15.3. The first-order valence-electron chi connectivity index (χ1n) is 8.13. The molecule has 1 aliphatic heterocycles. The number of hydrogen-bond acceptors (Lipinski definition) is 2. The van der Waals surface area contributed by atoms with E-state index in [4.69, 9.17) is 23.2 Å². The molecule has 1 aliphatic rings. The maximum Gasteiger partial charge on any atom is 0.229 e. The fraction of sp³-hybridized carbons (Fsp3) is 0.263. The molecule has 2 amide bonds. The van der Waals surface area contributed by atoms with Crippen molar-refractivity contribution in [1.82, 2.24) is 0 Å². The van der Waals surface area contributed by atoms with Gasteiger partial charge in [-0.2, -0.15) is 0 Å². The first kappa shape index (κ1) is 17.8. The molecule has 1 N–H and O–H groups in total. The molecule has 0 radical (unpaired) electrons. The van der Waals surface area contributed by atoms with Crippen LogP contribution in [0.2, 0.25) is 10.0 Å². The molecule has 1 fully saturated rings. The molecule has 2 aromatic carbocycles. The second-order valence-corrected chi connectivity index (χ2v) is 6.88. The maximum absolute atomic E-state index is 12.5. The van der Waals surface area contributed by atoms with Gasteiger partial charge in [0.2, 0.25) is 11.8 Å². The van der Waals surface area contributed by atoms with E-state index in [0.29, 0.717) is 22.3 Å². The van der Waals surface area contributed by atoms with Crippen LogP contribution in [-0.4, -0.2) is 18.4 Å². The normalized spacial score (nSPS) is 17.0. The van der Waals surface area contributed by atoms with Gasteiger partial charge in [-0.1, -0.05) is 42.3 Å². The summed E-state index contributed by atoms with van der Waals surface area (Å²) in [4.78, 5) is 26.5. The predicted octanol–water partition coefficient (Wildman–Crippen LogP) is 4.55. The van der Waals surface area contributed by atoms with E-state index < -0.39 is 5.92 Å². The van der Waals surface area contributed by atoms with E-state index in [2.05, 4.69) is 12.2 Å². The highest BCUT2D eigenvalue weighted by atomic mass is 35.5. The third-order valence-electron chi connectivity index (χ3n) is 4.34. The molecule has 0 bridgehead atoms. The van der Waals surface area contributed by atoms with Crippen molar-refractivity contribution in [3.8, 4) is 0 Å². The molecule has 1 saturated heterocycles. The molecule has 0 aliphatic carbocycles. The number of anilines is 2. The number of halogens is 2. The van der Waals surface area contributed by atoms with E-state index >= 15 is 0 Å². The van der Waals surface area contributed by atoms with Crippen LogP contribution in [0.25, 0.3) is 0 Å². The summed E-state index contributed by atoms with van der Waals surface area (Å²) in [5, 5.41) is 3.67. The van der Waals surface area contributed by atoms with Gasteiger partial charge in [0.1, 0.15) is 0 Å². The van der Waals surface area contributed by atoms with Crippen LogP contribution >= 0.6 is 23.2 Å². The highest BCUT2D eigenvalue weighted by Gasteiger charge is 2.35. The van der Waals surface area contributed by atoms with Crippen LogP contribution in [0.5, 0.6) is 0 Å². The number of benzene rings is 2. The van der Waals surface area contributed by atoms with Gasteiger partial charge in [0.05, 0.1) is 16.6 Å². The molecular weight excluding hydrogens is 359 g/mol. The largest absolute Gasteiger partial charge is 0.324 e. The Hall–Kier alpha value is -2.04. The van der Waals surface area contributed by atoms with E-state index in [1.54, 1.807) is 23.1 Å². The molecule has 1 heterocycles. The third kappa shape index (κ3) is 3.97. The minimum atomic E-state index is -0.423. The zero-order valence-electron chi connectivity index (χ0n) is 13.8. The number of amides is 2. The first-order valence-corrected chi connectivity index (χ1v) is 8.88. The Labute approximate surface area is 156 Å². The molecule has 6 heteroatoms. The molecule has 1 atom stereocenters. The summed E-state index contributed by atoms with van der Waals surface area (Å²) in [7, 11) is 0. The summed E-state index contributed by atoms with van der Waals surface area (Å²) < 4.78 is 0. The molecule has 0 saturated carbocycles. The van der Waals surface area contributed by atoms with Crippen molar-refractivity contribution in [1.29, 1.82) is 0 Å². The second kappa shape index (κ2) is 7.46. The van der Waals surface area contributed by atoms with E-state index in [9.17, 15) is 9.59 Å². The Balaban J connectivity index is 1.70. The molecule has 2 aromatic rings. The molecule has 25 heavy (non-hydrogen) atoms. The van der Waals surface area contributed by atoms with Gasteiger partial charge in [-0.15, -0.1) is 0 Å². The molecular formula is C19H18Cl2N2O2. The lowest BCUT2D eigenvalue weighted by atomic mass is 10.1. The van der Waals surface area contributed by atoms with E-state index in [1.165, 1.54) is 5.56 Å². The van der Waals surface area contributed by atoms with Crippen LogP contribution in [0.15, 0.2) is 42.5 Å². The number of carbonyl (C=O) groups excluding carboxylic acids is 2. The van der Waals surface area contributed by atoms with Gasteiger partial charge in [-0.05, 0) is 42.3 Å². The van der Waals surface area contributed by atoms with Gasteiger partial charge in [0.15, 0.2) is 0 Å². The van der Waals surface area contributed by atoms with E-state index in [0.717, 1.165) is 12.1 Å². The Morgan fingerprint density at radius 3 is 2.60 bits per heavy atom. The monoisotopic (exact) mass is 376 g/mol. The Morgan fingerprint density at radius 2 is 1.92 bits per heavy atom. The van der Waals surface area contributed by atoms with Crippen molar-refractivity contribution >= 4 is 46.4 Å². The molecule has 0 aromatic heterocycles. The van der Waals surface area contributed by atoms with Crippen LogP contribution in [0, 0.1) is 5.92 Å². The number of nitrogens with one attached hydrogen (secondary N) is 1. The van der Waals surface area contributed by atoms with Gasteiger partial charge < -0.3 is 10.2 Å². The van der Waals surface area contributed by atoms with Gasteiger partial charge >= 0.3 is 0 Å². The second-order valence-electron chi connectivity index (χ2n) is 6.04. The SMILES string of the molecule is CCc1ccc(N2C[C@H](C(=O)Nc3cc(Cl)ccc3Cl)CC2=O)cc1. The highest BCUT2D eigenvalue weighted by Crippen LogP contribution is 2.29. The first-order chi connectivity index (χ1) is 12.0. The maximum atomic E-state index is 12.5. The fourth-order valence-corrected chi connectivity index (χ4v) is 3.21. The fourth-order valence-electron chi connectivity index (χ4n) is 2.87. The molecule has 0 spiro atoms. The lowest BCUT2D eigenvalue weighted by Crippen LogP contribution is -2.28. The van der Waals surface area contributed by atoms with Crippen LogP contribution in [0.1, 0.15) is 18.9 Å². The summed E-state index contributed by atoms with van der Waals surface area (Å²) in [6.45, 7) is 2.44. The quantitative estimate of drug-likeness (QED) is 0.850. The van der Waals surface area contributed by atoms with Crippen molar-refractivity contribution in [3.63, 3.8) is 0 Å². The average Bonchev–Trinajstić information content (AvgIpc) is 3.00. The van der Waals surface area contributed by atoms with Crippen LogP contribution in [0.4, 0.5) is 11.4 Å². The van der Waals surface area contributed by atoms with Crippen LogP contribution < -0.4 is 10.2 Å². The van der Waals surface area contributed by atoms with Crippen molar-refractivity contribution < 1.29 is 9.59 Å². The summed E-state index contributed by atoms with van der Waals surface area (Å²) >= 11 is 12.0. The van der Waals surface area contributed by atoms with E-state index in [1.807, 2.05) is 24.3 Å². The number of nitrogens with zero attached hydrogens (tertiary/aromatic N) is 1. The van der Waals surface area contributed by atoms with Crippen molar-refractivity contribution in [2.45, 2.75) is 19.8 Å². The van der Waals surface area contributed by atoms with Crippen molar-refractivity contribution in [2.75, 3.05) is 16.8 Å². The molecule has 0 unspecified atom stereocenters. The van der Waals surface area contributed by atoms with Crippen molar-refractivity contribution in [2.24, 2.45) is 5.92 Å². The minimum Gasteiger partial charge on any atom is -0.324 e. The third-order valence-corrected chi connectivity index (χ3v) is 4.90. The summed E-state index contributed by atoms with van der Waals surface area (Å²) in [5.74, 6) is -0.708. The molecule has 3 rings (SSSR count). The van der Waals surface area contributed by atoms with Gasteiger partial charge in [0.25, 0.3) is 0 Å². The Morgan fingerprint density at radius 1 is 1.20 bits per heavy atom. The van der Waals surface area contributed by atoms with Gasteiger partial charge in [0, 0.05) is 23.7 Å². The van der Waals surface area contributed by atoms with Gasteiger partial charge in [-0.3, -0.25) is 9.59 Å². The highest BCUT2D eigenvalue weighted by molar-refractivity contribution is 6.35. The van der Waals surface area contributed by atoms with Crippen LogP contribution in [-0.2, 0) is 16.0 Å². The summed E-state index contributed by atoms with van der Waals surface area (Å²) in [6, 6.07) is 12.7. The Kier molecular flexibility index (Phi) is 5.30.